The van der Waals surface area contributed by atoms with Gasteiger partial charge in [0.25, 0.3) is 0 Å². The summed E-state index contributed by atoms with van der Waals surface area (Å²) in [6.45, 7) is 11.3. The Hall–Kier alpha value is -1.14. The van der Waals surface area contributed by atoms with Crippen molar-refractivity contribution in [2.75, 3.05) is 26.2 Å². The maximum atomic E-state index is 4.68. The first-order valence-corrected chi connectivity index (χ1v) is 9.77. The molecule has 1 aromatic rings. The number of nitrogens with zero attached hydrogens (tertiary/aromatic N) is 3. The highest BCUT2D eigenvalue weighted by Gasteiger charge is 2.19. The van der Waals surface area contributed by atoms with Gasteiger partial charge in [-0.05, 0) is 39.7 Å². The van der Waals surface area contributed by atoms with Crippen LogP contribution in [-0.2, 0) is 6.54 Å². The normalized spacial score (nSPS) is 19.8. The lowest BCUT2D eigenvalue weighted by atomic mass is 10.0. The highest BCUT2D eigenvalue weighted by atomic mass is 32.1. The van der Waals surface area contributed by atoms with Gasteiger partial charge in [0, 0.05) is 30.6 Å². The molecule has 0 saturated carbocycles. The number of aryl methyl sites for hydroxylation is 1. The Labute approximate surface area is 144 Å². The van der Waals surface area contributed by atoms with Crippen LogP contribution in [0.25, 0.3) is 0 Å². The number of thiazole rings is 1. The van der Waals surface area contributed by atoms with Crippen molar-refractivity contribution in [1.29, 1.82) is 0 Å². The molecule has 0 aliphatic carbocycles. The second-order valence-corrected chi connectivity index (χ2v) is 7.02. The van der Waals surface area contributed by atoms with E-state index in [4.69, 9.17) is 0 Å². The SMILES string of the molecule is CCNC(=NCc1scnc1C)NCCN1CCCCC1CC. The summed E-state index contributed by atoms with van der Waals surface area (Å²) < 4.78 is 0. The van der Waals surface area contributed by atoms with Gasteiger partial charge in [-0.3, -0.25) is 4.90 Å². The Balaban J connectivity index is 1.80. The second-order valence-electron chi connectivity index (χ2n) is 6.08. The molecule has 0 amide bonds. The van der Waals surface area contributed by atoms with Crippen LogP contribution in [0.1, 0.15) is 50.1 Å². The van der Waals surface area contributed by atoms with Gasteiger partial charge in [-0.2, -0.15) is 0 Å². The molecular formula is C17H31N5S. The van der Waals surface area contributed by atoms with Gasteiger partial charge in [-0.1, -0.05) is 13.3 Å². The van der Waals surface area contributed by atoms with E-state index < -0.39 is 0 Å². The summed E-state index contributed by atoms with van der Waals surface area (Å²) in [5, 5.41) is 6.81. The van der Waals surface area contributed by atoms with E-state index in [1.54, 1.807) is 11.3 Å². The number of aliphatic imine (C=N–C) groups is 1. The molecule has 5 nitrogen and oxygen atoms in total. The van der Waals surface area contributed by atoms with Gasteiger partial charge in [-0.15, -0.1) is 11.3 Å². The Morgan fingerprint density at radius 3 is 2.96 bits per heavy atom. The van der Waals surface area contributed by atoms with Gasteiger partial charge in [0.15, 0.2) is 5.96 Å². The van der Waals surface area contributed by atoms with Crippen molar-refractivity contribution in [2.45, 2.75) is 59.0 Å². The van der Waals surface area contributed by atoms with Gasteiger partial charge < -0.3 is 10.6 Å². The number of nitrogens with one attached hydrogen (secondary N) is 2. The van der Waals surface area contributed by atoms with E-state index in [1.807, 2.05) is 12.4 Å². The number of piperidine rings is 1. The molecule has 1 aliphatic heterocycles. The molecule has 1 atom stereocenters. The standard InChI is InChI=1S/C17H31N5S/c1-4-15-8-6-7-10-22(15)11-9-19-17(18-5-2)20-12-16-14(3)21-13-23-16/h13,15H,4-12H2,1-3H3,(H2,18,19,20). The lowest BCUT2D eigenvalue weighted by molar-refractivity contribution is 0.147. The van der Waals surface area contributed by atoms with Crippen LogP contribution in [-0.4, -0.2) is 48.1 Å². The smallest absolute Gasteiger partial charge is 0.191 e. The van der Waals surface area contributed by atoms with Crippen molar-refractivity contribution < 1.29 is 0 Å². The summed E-state index contributed by atoms with van der Waals surface area (Å²) in [4.78, 5) is 12.8. The fourth-order valence-electron chi connectivity index (χ4n) is 3.11. The Morgan fingerprint density at radius 2 is 2.26 bits per heavy atom. The zero-order valence-electron chi connectivity index (χ0n) is 14.8. The predicted molar refractivity (Wildman–Crippen MR) is 99.2 cm³/mol. The fourth-order valence-corrected chi connectivity index (χ4v) is 3.81. The molecule has 2 N–H and O–H groups in total. The molecule has 0 spiro atoms. The van der Waals surface area contributed by atoms with E-state index in [-0.39, 0.29) is 0 Å². The van der Waals surface area contributed by atoms with Gasteiger partial charge in [0.05, 0.1) is 17.7 Å². The molecule has 130 valence electrons. The number of aromatic nitrogens is 1. The van der Waals surface area contributed by atoms with E-state index in [1.165, 1.54) is 37.1 Å². The predicted octanol–water partition coefficient (Wildman–Crippen LogP) is 2.77. The first-order chi connectivity index (χ1) is 11.2. The van der Waals surface area contributed by atoms with Gasteiger partial charge in [0.1, 0.15) is 0 Å². The Morgan fingerprint density at radius 1 is 1.39 bits per heavy atom. The Kier molecular flexibility index (Phi) is 7.82. The molecule has 0 bridgehead atoms. The minimum absolute atomic E-state index is 0.702. The molecule has 1 aromatic heterocycles. The average Bonchev–Trinajstić information content (AvgIpc) is 2.98. The van der Waals surface area contributed by atoms with Crippen LogP contribution >= 0.6 is 11.3 Å². The average molecular weight is 338 g/mol. The number of guanidine groups is 1. The van der Waals surface area contributed by atoms with Crippen molar-refractivity contribution in [3.05, 3.63) is 16.1 Å². The summed E-state index contributed by atoms with van der Waals surface area (Å²) in [7, 11) is 0. The van der Waals surface area contributed by atoms with E-state index in [0.717, 1.165) is 37.3 Å². The molecule has 1 fully saturated rings. The van der Waals surface area contributed by atoms with Gasteiger partial charge in [-0.25, -0.2) is 9.98 Å². The molecule has 0 aromatic carbocycles. The highest BCUT2D eigenvalue weighted by Crippen LogP contribution is 2.18. The number of rotatable bonds is 7. The molecule has 1 unspecified atom stereocenters. The maximum Gasteiger partial charge on any atom is 0.191 e. The summed E-state index contributed by atoms with van der Waals surface area (Å²) in [6, 6.07) is 0.768. The monoisotopic (exact) mass is 337 g/mol. The molecule has 2 rings (SSSR count). The minimum Gasteiger partial charge on any atom is -0.357 e. The van der Waals surface area contributed by atoms with Crippen LogP contribution in [0.3, 0.4) is 0 Å². The zero-order chi connectivity index (χ0) is 16.5. The number of hydrogen-bond acceptors (Lipinski definition) is 4. The first kappa shape index (κ1) is 18.2. The molecule has 23 heavy (non-hydrogen) atoms. The quantitative estimate of drug-likeness (QED) is 0.593. The lowest BCUT2D eigenvalue weighted by Gasteiger charge is -2.35. The third-order valence-electron chi connectivity index (χ3n) is 4.48. The number of hydrogen-bond donors (Lipinski definition) is 2. The van der Waals surface area contributed by atoms with Crippen LogP contribution in [0.4, 0.5) is 0 Å². The first-order valence-electron chi connectivity index (χ1n) is 8.89. The van der Waals surface area contributed by atoms with Gasteiger partial charge in [0.2, 0.25) is 0 Å². The minimum atomic E-state index is 0.702. The molecule has 1 saturated heterocycles. The lowest BCUT2D eigenvalue weighted by Crippen LogP contribution is -2.45. The largest absolute Gasteiger partial charge is 0.357 e. The number of likely N-dealkylation sites (tertiary alicyclic amines) is 1. The summed E-state index contributed by atoms with van der Waals surface area (Å²) in [5.74, 6) is 0.908. The molecule has 1 aliphatic rings. The van der Waals surface area contributed by atoms with Crippen molar-refractivity contribution in [2.24, 2.45) is 4.99 Å². The highest BCUT2D eigenvalue weighted by molar-refractivity contribution is 7.09. The Bertz CT molecular complexity index is 485. The molecule has 6 heteroatoms. The van der Waals surface area contributed by atoms with E-state index in [0.29, 0.717) is 6.54 Å². The van der Waals surface area contributed by atoms with Crippen molar-refractivity contribution in [3.8, 4) is 0 Å². The summed E-state index contributed by atoms with van der Waals surface area (Å²) >= 11 is 1.68. The van der Waals surface area contributed by atoms with Crippen molar-refractivity contribution >= 4 is 17.3 Å². The van der Waals surface area contributed by atoms with Crippen LogP contribution < -0.4 is 10.6 Å². The van der Waals surface area contributed by atoms with Crippen LogP contribution in [0.5, 0.6) is 0 Å². The van der Waals surface area contributed by atoms with E-state index in [9.17, 15) is 0 Å². The van der Waals surface area contributed by atoms with Crippen LogP contribution in [0.15, 0.2) is 10.5 Å². The third kappa shape index (κ3) is 5.77. The van der Waals surface area contributed by atoms with Crippen molar-refractivity contribution in [1.82, 2.24) is 20.5 Å². The second kappa shape index (κ2) is 9.88. The van der Waals surface area contributed by atoms with Crippen molar-refractivity contribution in [3.63, 3.8) is 0 Å². The summed E-state index contributed by atoms with van der Waals surface area (Å²) in [5.41, 5.74) is 2.98. The molecule has 0 radical (unpaired) electrons. The summed E-state index contributed by atoms with van der Waals surface area (Å²) in [6.07, 6.45) is 5.35. The molecule has 2 heterocycles. The van der Waals surface area contributed by atoms with Crippen LogP contribution in [0, 0.1) is 6.92 Å². The fraction of sp³-hybridized carbons (Fsp3) is 0.765. The van der Waals surface area contributed by atoms with Gasteiger partial charge >= 0.3 is 0 Å². The topological polar surface area (TPSA) is 52.6 Å². The van der Waals surface area contributed by atoms with E-state index in [2.05, 4.69) is 39.4 Å². The van der Waals surface area contributed by atoms with E-state index >= 15 is 0 Å². The third-order valence-corrected chi connectivity index (χ3v) is 5.40. The molecular weight excluding hydrogens is 306 g/mol. The zero-order valence-corrected chi connectivity index (χ0v) is 15.6. The van der Waals surface area contributed by atoms with Crippen LogP contribution in [0.2, 0.25) is 0 Å². The maximum absolute atomic E-state index is 4.68.